The first-order chi connectivity index (χ1) is 7.76. The number of amides is 1. The van der Waals surface area contributed by atoms with Crippen molar-refractivity contribution in [2.75, 3.05) is 25.5 Å². The van der Waals surface area contributed by atoms with E-state index < -0.39 is 6.09 Å². The highest BCUT2D eigenvalue weighted by atomic mass is 16.5. The summed E-state index contributed by atoms with van der Waals surface area (Å²) in [6.07, 6.45) is -0.442. The summed E-state index contributed by atoms with van der Waals surface area (Å²) in [5, 5.41) is 5.54. The zero-order valence-corrected chi connectivity index (χ0v) is 9.32. The maximum Gasteiger partial charge on any atom is 0.407 e. The van der Waals surface area contributed by atoms with E-state index in [4.69, 9.17) is 10.5 Å². The fraction of sp³-hybridized carbons (Fsp3) is 0.364. The van der Waals surface area contributed by atoms with Crippen LogP contribution in [0, 0.1) is 0 Å². The van der Waals surface area contributed by atoms with Gasteiger partial charge < -0.3 is 21.1 Å². The van der Waals surface area contributed by atoms with Crippen LogP contribution in [0.5, 0.6) is 0 Å². The van der Waals surface area contributed by atoms with E-state index in [1.54, 1.807) is 0 Å². The zero-order chi connectivity index (χ0) is 11.8. The fourth-order valence-electron chi connectivity index (χ4n) is 1.14. The number of rotatable bonds is 5. The van der Waals surface area contributed by atoms with Crippen molar-refractivity contribution in [2.45, 2.75) is 6.61 Å². The molecular weight excluding hydrogens is 206 g/mol. The Morgan fingerprint density at radius 2 is 2.06 bits per heavy atom. The second kappa shape index (κ2) is 6.68. The predicted octanol–water partition coefficient (Wildman–Crippen LogP) is 0.913. The van der Waals surface area contributed by atoms with Crippen LogP contribution in [0.1, 0.15) is 5.56 Å². The number of alkyl carbamates (subject to hydrolysis) is 1. The Hall–Kier alpha value is -1.75. The highest BCUT2D eigenvalue weighted by molar-refractivity contribution is 5.67. The van der Waals surface area contributed by atoms with Crippen LogP contribution in [0.25, 0.3) is 0 Å². The molecule has 1 amide bonds. The van der Waals surface area contributed by atoms with Gasteiger partial charge in [0.25, 0.3) is 0 Å². The monoisotopic (exact) mass is 223 g/mol. The molecule has 0 aliphatic carbocycles. The minimum atomic E-state index is -0.442. The van der Waals surface area contributed by atoms with Crippen molar-refractivity contribution in [1.29, 1.82) is 0 Å². The number of hydrogen-bond acceptors (Lipinski definition) is 4. The van der Waals surface area contributed by atoms with Gasteiger partial charge in [-0.3, -0.25) is 0 Å². The van der Waals surface area contributed by atoms with Gasteiger partial charge in [0.1, 0.15) is 6.61 Å². The molecule has 5 heteroatoms. The Balaban J connectivity index is 2.33. The van der Waals surface area contributed by atoms with Crippen molar-refractivity contribution in [2.24, 2.45) is 5.73 Å². The van der Waals surface area contributed by atoms with Gasteiger partial charge in [-0.25, -0.2) is 4.79 Å². The molecule has 0 saturated carbocycles. The second-order valence-electron chi connectivity index (χ2n) is 3.24. The van der Waals surface area contributed by atoms with E-state index in [2.05, 4.69) is 10.6 Å². The lowest BCUT2D eigenvalue weighted by molar-refractivity contribution is 0.140. The molecule has 0 saturated heterocycles. The summed E-state index contributed by atoms with van der Waals surface area (Å²) < 4.78 is 4.98. The molecule has 1 rings (SSSR count). The van der Waals surface area contributed by atoms with E-state index in [1.807, 2.05) is 31.3 Å². The molecule has 4 N–H and O–H groups in total. The minimum absolute atomic E-state index is 0.264. The molecule has 0 unspecified atom stereocenters. The van der Waals surface area contributed by atoms with Gasteiger partial charge in [-0.15, -0.1) is 0 Å². The second-order valence-corrected chi connectivity index (χ2v) is 3.24. The normalized spacial score (nSPS) is 9.62. The lowest BCUT2D eigenvalue weighted by atomic mass is 10.2. The quantitative estimate of drug-likeness (QED) is 0.693. The number of anilines is 1. The van der Waals surface area contributed by atoms with Crippen LogP contribution >= 0.6 is 0 Å². The van der Waals surface area contributed by atoms with Crippen molar-refractivity contribution >= 4 is 11.8 Å². The third-order valence-corrected chi connectivity index (χ3v) is 2.03. The first-order valence-corrected chi connectivity index (χ1v) is 5.13. The van der Waals surface area contributed by atoms with E-state index in [1.165, 1.54) is 0 Å². The van der Waals surface area contributed by atoms with Crippen molar-refractivity contribution in [3.8, 4) is 0 Å². The number of carbonyl (C=O) groups is 1. The van der Waals surface area contributed by atoms with Crippen molar-refractivity contribution in [3.05, 3.63) is 29.8 Å². The van der Waals surface area contributed by atoms with E-state index >= 15 is 0 Å². The van der Waals surface area contributed by atoms with E-state index in [0.29, 0.717) is 13.1 Å². The summed E-state index contributed by atoms with van der Waals surface area (Å²) in [7, 11) is 1.85. The van der Waals surface area contributed by atoms with Gasteiger partial charge in [0, 0.05) is 25.8 Å². The molecule has 1 aromatic carbocycles. The van der Waals surface area contributed by atoms with Crippen molar-refractivity contribution in [3.63, 3.8) is 0 Å². The molecule has 0 bridgehead atoms. The first kappa shape index (κ1) is 12.3. The molecular formula is C11H17N3O2. The molecule has 0 aromatic heterocycles. The van der Waals surface area contributed by atoms with Gasteiger partial charge in [0.2, 0.25) is 0 Å². The molecule has 0 aliphatic heterocycles. The molecule has 1 aromatic rings. The van der Waals surface area contributed by atoms with Gasteiger partial charge >= 0.3 is 6.09 Å². The number of nitrogens with two attached hydrogens (primary N) is 1. The maximum absolute atomic E-state index is 11.1. The van der Waals surface area contributed by atoms with Gasteiger partial charge in [-0.05, 0) is 17.7 Å². The van der Waals surface area contributed by atoms with E-state index in [9.17, 15) is 4.79 Å². The van der Waals surface area contributed by atoms with Gasteiger partial charge in [-0.1, -0.05) is 12.1 Å². The average molecular weight is 223 g/mol. The van der Waals surface area contributed by atoms with E-state index in [0.717, 1.165) is 11.3 Å². The minimum Gasteiger partial charge on any atom is -0.445 e. The highest BCUT2D eigenvalue weighted by Gasteiger charge is 2.00. The standard InChI is InChI=1S/C11H17N3O2/c1-13-10-4-2-9(3-5-10)8-16-11(15)14-7-6-12/h2-5,13H,6-8,12H2,1H3,(H,14,15). The molecule has 0 atom stereocenters. The largest absolute Gasteiger partial charge is 0.445 e. The molecule has 0 heterocycles. The molecule has 16 heavy (non-hydrogen) atoms. The third kappa shape index (κ3) is 4.18. The number of benzene rings is 1. The lowest BCUT2D eigenvalue weighted by Gasteiger charge is -2.06. The lowest BCUT2D eigenvalue weighted by Crippen LogP contribution is -2.29. The summed E-state index contributed by atoms with van der Waals surface area (Å²) in [6.45, 7) is 1.10. The molecule has 0 spiro atoms. The molecule has 0 radical (unpaired) electrons. The van der Waals surface area contributed by atoms with Gasteiger partial charge in [-0.2, -0.15) is 0 Å². The van der Waals surface area contributed by atoms with Crippen molar-refractivity contribution < 1.29 is 9.53 Å². The number of ether oxygens (including phenoxy) is 1. The van der Waals surface area contributed by atoms with Crippen LogP contribution in [0.15, 0.2) is 24.3 Å². The summed E-state index contributed by atoms with van der Waals surface area (Å²) in [5.74, 6) is 0. The first-order valence-electron chi connectivity index (χ1n) is 5.13. The molecule has 5 nitrogen and oxygen atoms in total. The van der Waals surface area contributed by atoms with Crippen LogP contribution < -0.4 is 16.4 Å². The topological polar surface area (TPSA) is 76.4 Å². The summed E-state index contributed by atoms with van der Waals surface area (Å²) in [5.41, 5.74) is 7.21. The summed E-state index contributed by atoms with van der Waals surface area (Å²) in [4.78, 5) is 11.1. The molecule has 0 aliphatic rings. The van der Waals surface area contributed by atoms with Crippen LogP contribution in [-0.2, 0) is 11.3 Å². The Morgan fingerprint density at radius 1 is 1.38 bits per heavy atom. The number of hydrogen-bond donors (Lipinski definition) is 3. The zero-order valence-electron chi connectivity index (χ0n) is 9.32. The van der Waals surface area contributed by atoms with Crippen LogP contribution in [0.4, 0.5) is 10.5 Å². The Kier molecular flexibility index (Phi) is 5.15. The van der Waals surface area contributed by atoms with Crippen molar-refractivity contribution in [1.82, 2.24) is 5.32 Å². The predicted molar refractivity (Wildman–Crippen MR) is 63.2 cm³/mol. The summed E-state index contributed by atoms with van der Waals surface area (Å²) in [6, 6.07) is 7.66. The van der Waals surface area contributed by atoms with Crippen LogP contribution in [0.2, 0.25) is 0 Å². The van der Waals surface area contributed by atoms with Crippen LogP contribution in [0.3, 0.4) is 0 Å². The fourth-order valence-corrected chi connectivity index (χ4v) is 1.14. The third-order valence-electron chi connectivity index (χ3n) is 2.03. The SMILES string of the molecule is CNc1ccc(COC(=O)NCCN)cc1. The maximum atomic E-state index is 11.1. The van der Waals surface area contributed by atoms with Crippen LogP contribution in [-0.4, -0.2) is 26.2 Å². The number of nitrogens with one attached hydrogen (secondary N) is 2. The smallest absolute Gasteiger partial charge is 0.407 e. The Labute approximate surface area is 95.0 Å². The highest BCUT2D eigenvalue weighted by Crippen LogP contribution is 2.09. The van der Waals surface area contributed by atoms with E-state index in [-0.39, 0.29) is 6.61 Å². The average Bonchev–Trinajstić information content (AvgIpc) is 2.34. The van der Waals surface area contributed by atoms with Gasteiger partial charge in [0.15, 0.2) is 0 Å². The molecule has 88 valence electrons. The number of carbonyl (C=O) groups excluding carboxylic acids is 1. The Morgan fingerprint density at radius 3 is 2.62 bits per heavy atom. The van der Waals surface area contributed by atoms with Gasteiger partial charge in [0.05, 0.1) is 0 Å². The molecule has 0 fully saturated rings. The summed E-state index contributed by atoms with van der Waals surface area (Å²) >= 11 is 0. The Bertz CT molecular complexity index is 325.